The van der Waals surface area contributed by atoms with Gasteiger partial charge in [0.1, 0.15) is 0 Å². The molecule has 1 aliphatic heterocycles. The Labute approximate surface area is 134 Å². The molecule has 6 unspecified atom stereocenters. The molecule has 0 N–H and O–H groups in total. The molecule has 0 aromatic heterocycles. The van der Waals surface area contributed by atoms with Gasteiger partial charge in [0.05, 0.1) is 0 Å². The van der Waals surface area contributed by atoms with Gasteiger partial charge in [0, 0.05) is 24.7 Å². The van der Waals surface area contributed by atoms with Crippen LogP contribution in [-0.4, -0.2) is 11.6 Å². The predicted molar refractivity (Wildman–Crippen MR) is 83.3 cm³/mol. The first-order valence-corrected chi connectivity index (χ1v) is 9.01. The van der Waals surface area contributed by atoms with Crippen LogP contribution >= 0.6 is 0 Å². The van der Waals surface area contributed by atoms with Crippen LogP contribution in [-0.2, 0) is 19.6 Å². The van der Waals surface area contributed by atoms with Crippen molar-refractivity contribution in [2.24, 2.45) is 35.5 Å². The van der Waals surface area contributed by atoms with E-state index in [2.05, 4.69) is 41.5 Å². The van der Waals surface area contributed by atoms with E-state index in [0.717, 1.165) is 25.7 Å². The normalized spacial score (nSPS) is 56.5. The molecule has 2 spiro atoms. The Kier molecular flexibility index (Phi) is 4.35. The largest absolute Gasteiger partial charge is 0.237 e. The molecule has 3 aliphatic rings. The zero-order chi connectivity index (χ0) is 16.1. The van der Waals surface area contributed by atoms with Gasteiger partial charge in [-0.15, -0.1) is 0 Å². The van der Waals surface area contributed by atoms with E-state index in [0.29, 0.717) is 23.7 Å². The molecule has 0 amide bonds. The van der Waals surface area contributed by atoms with Gasteiger partial charge in [0.25, 0.3) is 0 Å². The van der Waals surface area contributed by atoms with Crippen molar-refractivity contribution < 1.29 is 19.6 Å². The van der Waals surface area contributed by atoms with E-state index < -0.39 is 11.6 Å². The van der Waals surface area contributed by atoms with Gasteiger partial charge in [0.2, 0.25) is 11.6 Å². The molecule has 2 saturated carbocycles. The fourth-order valence-corrected chi connectivity index (χ4v) is 4.42. The predicted octanol–water partition coefficient (Wildman–Crippen LogP) is 4.69. The van der Waals surface area contributed by atoms with E-state index in [9.17, 15) is 0 Å². The minimum Gasteiger partial charge on any atom is -0.195 e. The van der Waals surface area contributed by atoms with E-state index in [-0.39, 0.29) is 11.8 Å². The summed E-state index contributed by atoms with van der Waals surface area (Å²) in [6, 6.07) is 0. The number of hydrogen-bond acceptors (Lipinski definition) is 4. The van der Waals surface area contributed by atoms with Crippen LogP contribution in [0.4, 0.5) is 0 Å². The van der Waals surface area contributed by atoms with Gasteiger partial charge in [0.15, 0.2) is 0 Å². The lowest BCUT2D eigenvalue weighted by Gasteiger charge is -2.53. The van der Waals surface area contributed by atoms with Gasteiger partial charge in [-0.1, -0.05) is 41.5 Å². The Bertz CT molecular complexity index is 364. The summed E-state index contributed by atoms with van der Waals surface area (Å²) in [5.74, 6) is 1.51. The molecule has 1 heterocycles. The molecular weight excluding hydrogens is 280 g/mol. The lowest BCUT2D eigenvalue weighted by molar-refractivity contribution is -0.677. The first kappa shape index (κ1) is 16.7. The second-order valence-corrected chi connectivity index (χ2v) is 8.55. The van der Waals surface area contributed by atoms with E-state index in [4.69, 9.17) is 19.6 Å². The zero-order valence-corrected chi connectivity index (χ0v) is 14.9. The molecule has 3 fully saturated rings. The van der Waals surface area contributed by atoms with Crippen molar-refractivity contribution in [1.82, 2.24) is 0 Å². The van der Waals surface area contributed by atoms with Gasteiger partial charge in [-0.3, -0.25) is 0 Å². The SMILES string of the molecule is CC1CC(C)C2(CC1C)OOC1(CC(C)C(C)CC1C)OO2. The molecule has 3 rings (SSSR count). The molecule has 6 atom stereocenters. The molecule has 22 heavy (non-hydrogen) atoms. The molecule has 0 bridgehead atoms. The third-order valence-corrected chi connectivity index (χ3v) is 6.76. The van der Waals surface area contributed by atoms with Crippen LogP contribution in [0.2, 0.25) is 0 Å². The summed E-state index contributed by atoms with van der Waals surface area (Å²) in [6.45, 7) is 13.4. The fourth-order valence-electron chi connectivity index (χ4n) is 4.42. The Balaban J connectivity index is 1.72. The van der Waals surface area contributed by atoms with Crippen LogP contribution in [0, 0.1) is 35.5 Å². The van der Waals surface area contributed by atoms with Gasteiger partial charge in [-0.25, -0.2) is 0 Å². The molecular formula is C18H32O4. The topological polar surface area (TPSA) is 36.9 Å². The maximum absolute atomic E-state index is 5.94. The van der Waals surface area contributed by atoms with Gasteiger partial charge >= 0.3 is 0 Å². The average Bonchev–Trinajstić information content (AvgIpc) is 2.46. The van der Waals surface area contributed by atoms with Crippen molar-refractivity contribution in [3.63, 3.8) is 0 Å². The van der Waals surface area contributed by atoms with Crippen molar-refractivity contribution in [3.8, 4) is 0 Å². The maximum Gasteiger partial charge on any atom is 0.237 e. The summed E-state index contributed by atoms with van der Waals surface area (Å²) in [5, 5.41) is 0. The van der Waals surface area contributed by atoms with E-state index in [1.807, 2.05) is 0 Å². The molecule has 0 aromatic rings. The van der Waals surface area contributed by atoms with Crippen LogP contribution in [0.5, 0.6) is 0 Å². The quantitative estimate of drug-likeness (QED) is 0.608. The van der Waals surface area contributed by atoms with Gasteiger partial charge < -0.3 is 0 Å². The highest BCUT2D eigenvalue weighted by atomic mass is 17.4. The monoisotopic (exact) mass is 312 g/mol. The maximum atomic E-state index is 5.94. The lowest BCUT2D eigenvalue weighted by atomic mass is 9.72. The van der Waals surface area contributed by atoms with E-state index in [1.54, 1.807) is 0 Å². The molecule has 2 aliphatic carbocycles. The summed E-state index contributed by atoms with van der Waals surface area (Å²) in [4.78, 5) is 23.8. The third-order valence-electron chi connectivity index (χ3n) is 6.76. The lowest BCUT2D eigenvalue weighted by Crippen LogP contribution is -2.60. The Morgan fingerprint density at radius 1 is 0.545 bits per heavy atom. The Morgan fingerprint density at radius 2 is 0.864 bits per heavy atom. The highest BCUT2D eigenvalue weighted by molar-refractivity contribution is 4.90. The van der Waals surface area contributed by atoms with Crippen LogP contribution < -0.4 is 0 Å². The summed E-state index contributed by atoms with van der Waals surface area (Å²) < 4.78 is 0. The third kappa shape index (κ3) is 2.62. The highest BCUT2D eigenvalue weighted by Gasteiger charge is 2.58. The first-order valence-electron chi connectivity index (χ1n) is 9.01. The van der Waals surface area contributed by atoms with Crippen LogP contribution in [0.1, 0.15) is 67.2 Å². The van der Waals surface area contributed by atoms with Crippen LogP contribution in [0.15, 0.2) is 0 Å². The van der Waals surface area contributed by atoms with E-state index in [1.165, 1.54) is 0 Å². The average molecular weight is 312 g/mol. The molecule has 4 nitrogen and oxygen atoms in total. The molecule has 0 radical (unpaired) electrons. The second kappa shape index (κ2) is 5.73. The minimum absolute atomic E-state index is 0.270. The molecule has 0 aromatic carbocycles. The molecule has 128 valence electrons. The Morgan fingerprint density at radius 3 is 1.18 bits per heavy atom. The summed E-state index contributed by atoms with van der Waals surface area (Å²) in [7, 11) is 0. The van der Waals surface area contributed by atoms with E-state index >= 15 is 0 Å². The van der Waals surface area contributed by atoms with Crippen molar-refractivity contribution in [3.05, 3.63) is 0 Å². The van der Waals surface area contributed by atoms with Crippen molar-refractivity contribution in [1.29, 1.82) is 0 Å². The minimum atomic E-state index is -0.733. The summed E-state index contributed by atoms with van der Waals surface area (Å²) in [5.41, 5.74) is 0. The summed E-state index contributed by atoms with van der Waals surface area (Å²) >= 11 is 0. The van der Waals surface area contributed by atoms with Crippen LogP contribution in [0.3, 0.4) is 0 Å². The molecule has 1 saturated heterocycles. The smallest absolute Gasteiger partial charge is 0.195 e. The van der Waals surface area contributed by atoms with Crippen molar-refractivity contribution in [2.45, 2.75) is 78.8 Å². The number of rotatable bonds is 0. The van der Waals surface area contributed by atoms with Crippen LogP contribution in [0.25, 0.3) is 0 Å². The van der Waals surface area contributed by atoms with Crippen molar-refractivity contribution in [2.75, 3.05) is 0 Å². The van der Waals surface area contributed by atoms with Gasteiger partial charge in [-0.05, 0) is 36.5 Å². The second-order valence-electron chi connectivity index (χ2n) is 8.55. The molecule has 4 heteroatoms. The van der Waals surface area contributed by atoms with Crippen molar-refractivity contribution >= 4 is 0 Å². The summed E-state index contributed by atoms with van der Waals surface area (Å²) in [6.07, 6.45) is 3.80. The highest BCUT2D eigenvalue weighted by Crippen LogP contribution is 2.51. The standard InChI is InChI=1S/C18H32O4/c1-11-7-15(5)17(9-13(11)3)19-21-18(22-20-17)10-14(4)12(2)8-16(18)6/h11-16H,7-10H2,1-6H3. The van der Waals surface area contributed by atoms with Gasteiger partial charge in [-0.2, -0.15) is 19.6 Å². The number of hydrogen-bond donors (Lipinski definition) is 0. The Hall–Kier alpha value is -0.160. The first-order chi connectivity index (χ1) is 10.3. The zero-order valence-electron chi connectivity index (χ0n) is 14.9. The fraction of sp³-hybridized carbons (Fsp3) is 1.00.